The second-order valence-corrected chi connectivity index (χ2v) is 4.81. The van der Waals surface area contributed by atoms with Crippen LogP contribution in [0, 0.1) is 0 Å². The minimum Gasteiger partial charge on any atom is -0.480 e. The lowest BCUT2D eigenvalue weighted by atomic mass is 10.2. The molecule has 0 saturated carbocycles. The molecule has 1 aromatic heterocycles. The number of likely N-dealkylation sites (tertiary alicyclic amines) is 1. The maximum absolute atomic E-state index is 12.1. The summed E-state index contributed by atoms with van der Waals surface area (Å²) in [5, 5.41) is 25.2. The molecule has 2 heterocycles. The molecule has 0 radical (unpaired) electrons. The zero-order valence-electron chi connectivity index (χ0n) is 11.6. The molecule has 2 atom stereocenters. The number of hydrogen-bond donors (Lipinski definition) is 3. The topological polar surface area (TPSA) is 117 Å². The van der Waals surface area contributed by atoms with Crippen molar-refractivity contribution < 1.29 is 24.5 Å². The summed E-state index contributed by atoms with van der Waals surface area (Å²) in [4.78, 5) is 24.3. The summed E-state index contributed by atoms with van der Waals surface area (Å²) < 4.78 is 6.52. The van der Waals surface area contributed by atoms with Crippen molar-refractivity contribution in [1.82, 2.24) is 14.7 Å². The number of hydrogen-bond acceptors (Lipinski definition) is 5. The van der Waals surface area contributed by atoms with Gasteiger partial charge in [-0.2, -0.15) is 5.10 Å². The number of urea groups is 1. The van der Waals surface area contributed by atoms with Gasteiger partial charge in [-0.15, -0.1) is 0 Å². The number of β-amino-alcohol motifs (C(OH)–C–C–N with tert-alkyl or cyclic N) is 1. The summed E-state index contributed by atoms with van der Waals surface area (Å²) in [5.74, 6) is -1.13. The van der Waals surface area contributed by atoms with Crippen molar-refractivity contribution in [3.8, 4) is 0 Å². The number of aliphatic hydroxyl groups excluding tert-OH is 1. The smallest absolute Gasteiger partial charge is 0.326 e. The number of methoxy groups -OCH3 is 1. The molecule has 1 aliphatic heterocycles. The highest BCUT2D eigenvalue weighted by Crippen LogP contribution is 2.19. The summed E-state index contributed by atoms with van der Waals surface area (Å²) in [7, 11) is 1.58. The second-order valence-electron chi connectivity index (χ2n) is 4.81. The standard InChI is InChI=1S/C12H18N4O5/c1-21-3-2-15-6-8(5-13-15)14-12(20)16-7-9(17)4-10(16)11(18)19/h5-6,9-10,17H,2-4,7H2,1H3,(H,14,20)(H,18,19)/t9-,10-/m1/s1. The summed E-state index contributed by atoms with van der Waals surface area (Å²) >= 11 is 0. The van der Waals surface area contributed by atoms with Crippen molar-refractivity contribution in [3.05, 3.63) is 12.4 Å². The number of ether oxygens (including phenoxy) is 1. The molecule has 0 aromatic carbocycles. The maximum Gasteiger partial charge on any atom is 0.326 e. The number of aliphatic hydroxyl groups is 1. The Bertz CT molecular complexity index is 518. The lowest BCUT2D eigenvalue weighted by Gasteiger charge is -2.20. The fraction of sp³-hybridized carbons (Fsp3) is 0.583. The van der Waals surface area contributed by atoms with Gasteiger partial charge < -0.3 is 25.2 Å². The SMILES string of the molecule is COCCn1cc(NC(=O)N2C[C@H](O)C[C@@H]2C(=O)O)cn1. The third-order valence-corrected chi connectivity index (χ3v) is 3.23. The van der Waals surface area contributed by atoms with Crippen LogP contribution in [0.15, 0.2) is 12.4 Å². The number of amides is 2. The Hall–Kier alpha value is -2.13. The number of aromatic nitrogens is 2. The zero-order valence-corrected chi connectivity index (χ0v) is 11.6. The quantitative estimate of drug-likeness (QED) is 0.680. The van der Waals surface area contributed by atoms with Gasteiger partial charge in [-0.3, -0.25) is 4.68 Å². The van der Waals surface area contributed by atoms with Crippen molar-refractivity contribution in [3.63, 3.8) is 0 Å². The van der Waals surface area contributed by atoms with Gasteiger partial charge in [-0.05, 0) is 0 Å². The highest BCUT2D eigenvalue weighted by atomic mass is 16.5. The average molecular weight is 298 g/mol. The number of carboxylic acid groups (broad SMARTS) is 1. The molecule has 1 fully saturated rings. The number of nitrogens with one attached hydrogen (secondary N) is 1. The molecular formula is C12H18N4O5. The molecule has 9 heteroatoms. The van der Waals surface area contributed by atoms with Gasteiger partial charge in [0, 0.05) is 26.3 Å². The van der Waals surface area contributed by atoms with Crippen LogP contribution in [0.1, 0.15) is 6.42 Å². The van der Waals surface area contributed by atoms with Crippen molar-refractivity contribution in [2.75, 3.05) is 25.6 Å². The number of carboxylic acids is 1. The minimum atomic E-state index is -1.13. The summed E-state index contributed by atoms with van der Waals surface area (Å²) in [6, 6.07) is -1.58. The van der Waals surface area contributed by atoms with Gasteiger partial charge in [0.25, 0.3) is 0 Å². The number of carbonyl (C=O) groups excluding carboxylic acids is 1. The monoisotopic (exact) mass is 298 g/mol. The minimum absolute atomic E-state index is 0.000607. The van der Waals surface area contributed by atoms with E-state index in [-0.39, 0.29) is 13.0 Å². The van der Waals surface area contributed by atoms with Crippen molar-refractivity contribution in [2.45, 2.75) is 25.1 Å². The van der Waals surface area contributed by atoms with Gasteiger partial charge in [0.05, 0.1) is 31.1 Å². The molecule has 1 aliphatic rings. The van der Waals surface area contributed by atoms with E-state index >= 15 is 0 Å². The van der Waals surface area contributed by atoms with Gasteiger partial charge in [-0.25, -0.2) is 9.59 Å². The number of rotatable bonds is 5. The van der Waals surface area contributed by atoms with E-state index in [2.05, 4.69) is 10.4 Å². The third-order valence-electron chi connectivity index (χ3n) is 3.23. The van der Waals surface area contributed by atoms with Gasteiger partial charge in [0.1, 0.15) is 6.04 Å². The number of anilines is 1. The number of aliphatic carboxylic acids is 1. The molecule has 2 rings (SSSR count). The molecule has 2 amide bonds. The number of carbonyl (C=O) groups is 2. The predicted octanol–water partition coefficient (Wildman–Crippen LogP) is -0.419. The summed E-state index contributed by atoms with van der Waals surface area (Å²) in [6.07, 6.45) is 2.31. The summed E-state index contributed by atoms with van der Waals surface area (Å²) in [6.45, 7) is 1.04. The fourth-order valence-electron chi connectivity index (χ4n) is 2.20. The Morgan fingerprint density at radius 1 is 1.57 bits per heavy atom. The van der Waals surface area contributed by atoms with E-state index in [1.54, 1.807) is 18.0 Å². The first-order valence-corrected chi connectivity index (χ1v) is 6.51. The van der Waals surface area contributed by atoms with Crippen LogP contribution < -0.4 is 5.32 Å². The second kappa shape index (κ2) is 6.55. The van der Waals surface area contributed by atoms with E-state index in [1.807, 2.05) is 0 Å². The highest BCUT2D eigenvalue weighted by molar-refractivity contribution is 5.92. The van der Waals surface area contributed by atoms with Gasteiger partial charge >= 0.3 is 12.0 Å². The van der Waals surface area contributed by atoms with Crippen molar-refractivity contribution in [2.24, 2.45) is 0 Å². The van der Waals surface area contributed by atoms with Gasteiger partial charge in [-0.1, -0.05) is 0 Å². The van der Waals surface area contributed by atoms with Crippen LogP contribution >= 0.6 is 0 Å². The Labute approximate surface area is 121 Å². The first-order valence-electron chi connectivity index (χ1n) is 6.51. The Morgan fingerprint density at radius 3 is 3.00 bits per heavy atom. The van der Waals surface area contributed by atoms with Crippen LogP contribution in [-0.4, -0.2) is 69.3 Å². The average Bonchev–Trinajstić information content (AvgIpc) is 3.03. The van der Waals surface area contributed by atoms with Crippen LogP contribution in [0.2, 0.25) is 0 Å². The Morgan fingerprint density at radius 2 is 2.33 bits per heavy atom. The lowest BCUT2D eigenvalue weighted by Crippen LogP contribution is -2.43. The first kappa shape index (κ1) is 15.3. The van der Waals surface area contributed by atoms with Crippen LogP contribution in [0.5, 0.6) is 0 Å². The largest absolute Gasteiger partial charge is 0.480 e. The lowest BCUT2D eigenvalue weighted by molar-refractivity contribution is -0.141. The fourth-order valence-corrected chi connectivity index (χ4v) is 2.20. The van der Waals surface area contributed by atoms with E-state index in [0.717, 1.165) is 4.90 Å². The molecule has 0 unspecified atom stereocenters. The predicted molar refractivity (Wildman–Crippen MR) is 71.9 cm³/mol. The molecule has 0 spiro atoms. The third kappa shape index (κ3) is 3.70. The molecule has 0 aliphatic carbocycles. The van der Waals surface area contributed by atoms with Crippen LogP contribution in [0.3, 0.4) is 0 Å². The van der Waals surface area contributed by atoms with Crippen molar-refractivity contribution in [1.29, 1.82) is 0 Å². The number of nitrogens with zero attached hydrogens (tertiary/aromatic N) is 3. The highest BCUT2D eigenvalue weighted by Gasteiger charge is 2.39. The normalized spacial score (nSPS) is 21.5. The first-order chi connectivity index (χ1) is 10.0. The van der Waals surface area contributed by atoms with E-state index in [9.17, 15) is 14.7 Å². The molecular weight excluding hydrogens is 280 g/mol. The molecule has 0 bridgehead atoms. The molecule has 1 aromatic rings. The van der Waals surface area contributed by atoms with Gasteiger partial charge in [0.2, 0.25) is 0 Å². The van der Waals surface area contributed by atoms with Crippen LogP contribution in [-0.2, 0) is 16.1 Å². The molecule has 3 N–H and O–H groups in total. The molecule has 1 saturated heterocycles. The summed E-state index contributed by atoms with van der Waals surface area (Å²) in [5.41, 5.74) is 0.460. The molecule has 116 valence electrons. The van der Waals surface area contributed by atoms with Crippen LogP contribution in [0.25, 0.3) is 0 Å². The Balaban J connectivity index is 1.97. The molecule has 9 nitrogen and oxygen atoms in total. The van der Waals surface area contributed by atoms with E-state index in [4.69, 9.17) is 9.84 Å². The maximum atomic E-state index is 12.1. The van der Waals surface area contributed by atoms with Crippen molar-refractivity contribution >= 4 is 17.7 Å². The van der Waals surface area contributed by atoms with Gasteiger partial charge in [0.15, 0.2) is 0 Å². The van der Waals surface area contributed by atoms with Crippen LogP contribution in [0.4, 0.5) is 10.5 Å². The van der Waals surface area contributed by atoms with E-state index < -0.39 is 24.1 Å². The zero-order chi connectivity index (χ0) is 15.4. The van der Waals surface area contributed by atoms with E-state index in [0.29, 0.717) is 18.8 Å². The molecule has 21 heavy (non-hydrogen) atoms. The van der Waals surface area contributed by atoms with E-state index in [1.165, 1.54) is 6.20 Å². The Kier molecular flexibility index (Phi) is 4.76.